The molecule has 1 aliphatic carbocycles. The molecule has 3 saturated heterocycles. The summed E-state index contributed by atoms with van der Waals surface area (Å²) < 4.78 is 51.7. The van der Waals surface area contributed by atoms with Crippen LogP contribution < -0.4 is 68.6 Å². The molecule has 3 unspecified atom stereocenters. The van der Waals surface area contributed by atoms with Crippen LogP contribution >= 0.6 is 11.6 Å². The number of nitrogens with two attached hydrogens (primary N) is 3. The van der Waals surface area contributed by atoms with E-state index in [1.807, 2.05) is 13.8 Å². The zero-order chi connectivity index (χ0) is 80.0. The molecule has 23 N–H and O–H groups in total. The van der Waals surface area contributed by atoms with Crippen molar-refractivity contribution in [3.8, 4) is 40.2 Å². The first kappa shape index (κ1) is 81.8. The van der Waals surface area contributed by atoms with Crippen molar-refractivity contribution in [3.05, 3.63) is 123 Å². The van der Waals surface area contributed by atoms with Gasteiger partial charge in [0, 0.05) is 41.5 Å². The number of hydrogen-bond donors (Lipinski definition) is 20. The number of aliphatic carboxylic acids is 1. The van der Waals surface area contributed by atoms with Gasteiger partial charge in [-0.3, -0.25) is 33.6 Å². The molecule has 3 fully saturated rings. The van der Waals surface area contributed by atoms with Crippen LogP contribution in [-0.2, 0) is 62.0 Å². The third-order valence-corrected chi connectivity index (χ3v) is 20.7. The van der Waals surface area contributed by atoms with Crippen molar-refractivity contribution in [2.45, 2.75) is 213 Å². The van der Waals surface area contributed by atoms with Crippen molar-refractivity contribution in [1.82, 2.24) is 37.2 Å². The smallest absolute Gasteiger partial charge is 0.330 e. The number of aromatic hydroxyl groups is 2. The van der Waals surface area contributed by atoms with Crippen molar-refractivity contribution in [3.63, 3.8) is 0 Å². The summed E-state index contributed by atoms with van der Waals surface area (Å²) in [5.74, 6) is -16.2. The Morgan fingerprint density at radius 2 is 1.34 bits per heavy atom. The lowest BCUT2D eigenvalue weighted by atomic mass is 9.80. The molecule has 11 bridgehead atoms. The van der Waals surface area contributed by atoms with Crippen LogP contribution in [0, 0.1) is 5.92 Å². The minimum atomic E-state index is -2.33. The molecular weight excluding hydrogens is 1470 g/mol. The van der Waals surface area contributed by atoms with Crippen molar-refractivity contribution in [2.75, 3.05) is 13.7 Å². The minimum Gasteiger partial charge on any atom is -0.508 e. The zero-order valence-corrected chi connectivity index (χ0v) is 61.3. The molecule has 13 rings (SSSR count). The normalized spacial score (nSPS) is 34.3. The van der Waals surface area contributed by atoms with Gasteiger partial charge in [0.15, 0.2) is 36.2 Å². The van der Waals surface area contributed by atoms with Gasteiger partial charge in [-0.1, -0.05) is 61.9 Å². The monoisotopic (exact) mass is 1560 g/mol. The number of carbonyl (C=O) groups is 8. The molecule has 4 aromatic rings. The van der Waals surface area contributed by atoms with E-state index in [1.165, 1.54) is 77.2 Å². The predicted octanol–water partition coefficient (Wildman–Crippen LogP) is -1.41. The summed E-state index contributed by atoms with van der Waals surface area (Å²) in [6.07, 6.45) is -20.7. The number of ether oxygens (including phenoxy) is 8. The van der Waals surface area contributed by atoms with Crippen molar-refractivity contribution in [1.29, 1.82) is 0 Å². The average Bonchev–Trinajstić information content (AvgIpc) is 0.766. The Morgan fingerprint density at radius 1 is 0.718 bits per heavy atom. The van der Waals surface area contributed by atoms with Crippen LogP contribution in [0.2, 0.25) is 5.02 Å². The average molecular weight is 1560 g/mol. The van der Waals surface area contributed by atoms with Gasteiger partial charge in [0.25, 0.3) is 0 Å². The summed E-state index contributed by atoms with van der Waals surface area (Å²) in [4.78, 5) is 120. The van der Waals surface area contributed by atoms with Crippen LogP contribution in [0.3, 0.4) is 0 Å². The molecule has 0 radical (unpaired) electrons. The van der Waals surface area contributed by atoms with Gasteiger partial charge in [0.2, 0.25) is 53.4 Å². The molecule has 36 nitrogen and oxygen atoms in total. The molecule has 7 amide bonds. The van der Waals surface area contributed by atoms with E-state index in [4.69, 9.17) is 66.7 Å². The fourth-order valence-electron chi connectivity index (χ4n) is 14.5. The van der Waals surface area contributed by atoms with Gasteiger partial charge in [-0.25, -0.2) is 4.79 Å². The Hall–Kier alpha value is -9.19. The van der Waals surface area contributed by atoms with Crippen LogP contribution in [0.5, 0.6) is 40.2 Å². The Labute approximate surface area is 633 Å². The van der Waals surface area contributed by atoms with Gasteiger partial charge < -0.3 is 143 Å². The molecule has 8 aliphatic heterocycles. The Bertz CT molecular complexity index is 4240. The van der Waals surface area contributed by atoms with Crippen molar-refractivity contribution < 1.29 is 127 Å². The second-order valence-electron chi connectivity index (χ2n) is 29.4. The second-order valence-corrected chi connectivity index (χ2v) is 29.8. The van der Waals surface area contributed by atoms with E-state index < -0.39 is 256 Å². The first-order chi connectivity index (χ1) is 51.8. The Morgan fingerprint density at radius 3 is 1.94 bits per heavy atom. The van der Waals surface area contributed by atoms with E-state index in [0.29, 0.717) is 0 Å². The quantitative estimate of drug-likeness (QED) is 0.0650. The topological polar surface area (TPSA) is 575 Å². The lowest BCUT2D eigenvalue weighted by Gasteiger charge is -2.47. The first-order valence-electron chi connectivity index (χ1n) is 35.5. The number of fused-ring (bicyclic) bond motifs is 14. The number of benzene rings is 4. The predicted molar refractivity (Wildman–Crippen MR) is 381 cm³/mol. The number of nitrogens with one attached hydrogen (secondary N) is 7. The number of carboxylic acids is 1. The Balaban J connectivity index is 1.18. The molecule has 4 aromatic carbocycles. The zero-order valence-electron chi connectivity index (χ0n) is 60.5. The maximum absolute atomic E-state index is 16.4. The number of carbonyl (C=O) groups excluding carboxylic acids is 7. The van der Waals surface area contributed by atoms with Crippen LogP contribution in [0.1, 0.15) is 125 Å². The first-order valence-corrected chi connectivity index (χ1v) is 35.8. The molecule has 24 atom stereocenters. The van der Waals surface area contributed by atoms with Crippen LogP contribution in [-0.4, -0.2) is 227 Å². The molecule has 9 aliphatic rings. The number of rotatable bonds is 15. The van der Waals surface area contributed by atoms with Gasteiger partial charge in [0.05, 0.1) is 54.6 Å². The number of hydrogen-bond acceptors (Lipinski definition) is 28. The summed E-state index contributed by atoms with van der Waals surface area (Å²) in [6.45, 7) is 8.66. The van der Waals surface area contributed by atoms with E-state index in [-0.39, 0.29) is 53.4 Å². The van der Waals surface area contributed by atoms with E-state index in [9.17, 15) is 70.2 Å². The lowest BCUT2D eigenvalue weighted by molar-refractivity contribution is -0.333. The maximum atomic E-state index is 16.4. The highest BCUT2D eigenvalue weighted by Crippen LogP contribution is 2.49. The number of primary amides is 1. The Kier molecular flexibility index (Phi) is 24.5. The van der Waals surface area contributed by atoms with Gasteiger partial charge in [-0.05, 0) is 117 Å². The van der Waals surface area contributed by atoms with Crippen LogP contribution in [0.4, 0.5) is 0 Å². The fourth-order valence-corrected chi connectivity index (χ4v) is 14.7. The molecule has 37 heteroatoms. The van der Waals surface area contributed by atoms with E-state index in [2.05, 4.69) is 37.2 Å². The molecule has 596 valence electrons. The SMILES string of the molecule is CN[C@@H](CC(C)C)C(=O)N[C@H]1C(=O)N[C@H](CC(N)=O)C(=O)N[C@H]2C(=O)N[C@H]3C(=O)N[C@@H](C(=O)NC(C(=O)O)c4cc(O)cc(O)c4C4C=C3C=CC4O)[C@@H](O[C@H]3C[C@](C)(N)[C@H](O)[C@@H](C)O3)c3ccc(c(Cl)c3)Oc3cc2cc(c3O[C@H]2O[C@@H](CO)[C@@H](O)[C@H](O)[C@@H]2O[C@H]2C[C@](C)(N)[C@H](O)[C@@H](C)O2)Oc2ccc(cc2)[C@@H]1O. The number of amides is 7. The van der Waals surface area contributed by atoms with Gasteiger partial charge in [0.1, 0.15) is 83.7 Å². The third kappa shape index (κ3) is 17.4. The fraction of sp³-hybridized carbons (Fsp3) is 0.507. The highest BCUT2D eigenvalue weighted by molar-refractivity contribution is 6.32. The number of carboxylic acid groups (broad SMARTS) is 1. The van der Waals surface area contributed by atoms with E-state index >= 15 is 19.2 Å². The highest BCUT2D eigenvalue weighted by Gasteiger charge is 2.53. The molecule has 8 heterocycles. The standard InChI is InChI=1S/C73H91ClN10O26/c1-27(2)16-39(78-7)64(95)83-54-56(90)30-8-12-35(13-9-30)105-44-19-33-20-45(60(44)110-71-61(58(92)57(91)46(26-85)107-71)109-49-25-73(6,77)63(94)29(4)104-49)106-43-15-11-32(18-38(43)74)59(108-48-24-72(5,76)62(93)28(3)103-48)55-69(100)82-53(70(101)102)37-21-34(86)22-42(88)50(37)36-17-31(10-14-41(36)87)51(66(97)84-55)81-67(98)52(33)80-65(96)40(23-47(75)89)79-68(54)99/h8-15,17-22,27-29,36,39-41,46,48-49,51-59,61-63,71,78,85-88,90-94H,16,23-26,76-77H2,1-7H3,(H2,75,89)(H,79,99)(H,80,96)(H,81,98)(H,82,100)(H,83,95)(H,84,97)(H,101,102)/t28-,29-,36?,39+,40-,41?,46+,48+,49+,51-,52-,53?,54-,55-,56+,57-,58+,59+,61+,62-,63-,71-,72+,73+/m1/s1. The van der Waals surface area contributed by atoms with E-state index in [0.717, 1.165) is 42.5 Å². The summed E-state index contributed by atoms with van der Waals surface area (Å²) in [6, 6.07) is -1.41. The van der Waals surface area contributed by atoms with Crippen molar-refractivity contribution >= 4 is 58.9 Å². The second kappa shape index (κ2) is 33.0. The summed E-state index contributed by atoms with van der Waals surface area (Å²) in [5.41, 5.74) is 14.3. The van der Waals surface area contributed by atoms with Gasteiger partial charge in [-0.2, -0.15) is 0 Å². The number of likely N-dealkylation sites (N-methyl/N-ethyl adjacent to an activating group) is 1. The number of phenolic OH excluding ortho intramolecular Hbond substituents is 2. The van der Waals surface area contributed by atoms with Crippen LogP contribution in [0.15, 0.2) is 90.5 Å². The third-order valence-electron chi connectivity index (χ3n) is 20.4. The molecular formula is C73H91ClN10O26. The van der Waals surface area contributed by atoms with Crippen molar-refractivity contribution in [2.24, 2.45) is 23.1 Å². The molecule has 110 heavy (non-hydrogen) atoms. The summed E-state index contributed by atoms with van der Waals surface area (Å²) >= 11 is 7.35. The number of aliphatic hydroxyl groups is 7. The minimum absolute atomic E-state index is 0.0530. The van der Waals surface area contributed by atoms with Crippen LogP contribution in [0.25, 0.3) is 0 Å². The number of aliphatic hydroxyl groups excluding tert-OH is 7. The van der Waals surface area contributed by atoms with Gasteiger partial charge >= 0.3 is 5.97 Å². The largest absolute Gasteiger partial charge is 0.508 e. The van der Waals surface area contributed by atoms with Gasteiger partial charge in [-0.15, -0.1) is 0 Å². The lowest BCUT2D eigenvalue weighted by Crippen LogP contribution is -2.64. The highest BCUT2D eigenvalue weighted by atomic mass is 35.5. The maximum Gasteiger partial charge on any atom is 0.330 e. The summed E-state index contributed by atoms with van der Waals surface area (Å²) in [5, 5.41) is 132. The molecule has 0 spiro atoms. The molecule has 0 saturated carbocycles. The van der Waals surface area contributed by atoms with E-state index in [1.54, 1.807) is 0 Å². The molecule has 0 aromatic heterocycles. The number of phenols is 2. The summed E-state index contributed by atoms with van der Waals surface area (Å²) in [7, 11) is 1.49. The number of halogens is 1.